The van der Waals surface area contributed by atoms with Crippen molar-refractivity contribution in [3.63, 3.8) is 0 Å². The van der Waals surface area contributed by atoms with Gasteiger partial charge < -0.3 is 15.8 Å². The van der Waals surface area contributed by atoms with Crippen molar-refractivity contribution in [2.75, 3.05) is 25.1 Å². The number of amides is 1. The molecule has 0 radical (unpaired) electrons. The molecule has 3 rings (SSSR count). The van der Waals surface area contributed by atoms with E-state index in [9.17, 15) is 9.59 Å². The summed E-state index contributed by atoms with van der Waals surface area (Å²) >= 11 is 0. The summed E-state index contributed by atoms with van der Waals surface area (Å²) in [6.45, 7) is 1.44. The van der Waals surface area contributed by atoms with Gasteiger partial charge in [-0.3, -0.25) is 9.59 Å². The molecule has 1 heterocycles. The number of carbonyl (C=O) groups excluding carboxylic acids is 2. The largest absolute Gasteiger partial charge is 0.381 e. The Morgan fingerprint density at radius 2 is 2.05 bits per heavy atom. The monoisotopic (exact) mass is 302 g/mol. The number of fused-ring (bicyclic) bond motifs is 1. The minimum atomic E-state index is -0.557. The number of hydrogen-bond acceptors (Lipinski definition) is 4. The standard InChI is InChI=1S/C17H22N2O3/c18-11-17(6-8-22-9-7-17)16(21)19-13-5-4-12-2-1-3-15(20)14(12)10-13/h4-5,10H,1-3,6-9,11,18H2,(H,19,21). The Morgan fingerprint density at radius 3 is 2.77 bits per heavy atom. The predicted octanol–water partition coefficient (Wildman–Crippen LogP) is 1.90. The highest BCUT2D eigenvalue weighted by atomic mass is 16.5. The Bertz CT molecular complexity index is 592. The summed E-state index contributed by atoms with van der Waals surface area (Å²) in [7, 11) is 0. The molecule has 3 N–H and O–H groups in total. The lowest BCUT2D eigenvalue weighted by Gasteiger charge is -2.34. The molecule has 1 aromatic carbocycles. The van der Waals surface area contributed by atoms with Gasteiger partial charge in [-0.15, -0.1) is 0 Å². The smallest absolute Gasteiger partial charge is 0.232 e. The zero-order chi connectivity index (χ0) is 15.6. The maximum atomic E-state index is 12.6. The van der Waals surface area contributed by atoms with Crippen molar-refractivity contribution in [3.8, 4) is 0 Å². The number of nitrogens with one attached hydrogen (secondary N) is 1. The molecule has 118 valence electrons. The molecule has 22 heavy (non-hydrogen) atoms. The van der Waals surface area contributed by atoms with Crippen molar-refractivity contribution in [1.29, 1.82) is 0 Å². The summed E-state index contributed by atoms with van der Waals surface area (Å²) in [6.07, 6.45) is 3.71. The highest BCUT2D eigenvalue weighted by Crippen LogP contribution is 2.31. The van der Waals surface area contributed by atoms with Gasteiger partial charge in [-0.1, -0.05) is 6.07 Å². The molecule has 1 aliphatic heterocycles. The number of aryl methyl sites for hydroxylation is 1. The van der Waals surface area contributed by atoms with Crippen LogP contribution in [-0.2, 0) is 16.0 Å². The van der Waals surface area contributed by atoms with Crippen LogP contribution < -0.4 is 11.1 Å². The lowest BCUT2D eigenvalue weighted by Crippen LogP contribution is -2.46. The number of Topliss-reactive ketones (excluding diaryl/α,β-unsaturated/α-hetero) is 1. The van der Waals surface area contributed by atoms with Crippen LogP contribution in [0.4, 0.5) is 5.69 Å². The van der Waals surface area contributed by atoms with Crippen molar-refractivity contribution in [1.82, 2.24) is 0 Å². The number of rotatable bonds is 3. The summed E-state index contributed by atoms with van der Waals surface area (Å²) in [6, 6.07) is 5.62. The molecular weight excluding hydrogens is 280 g/mol. The Kier molecular flexibility index (Phi) is 4.27. The van der Waals surface area contributed by atoms with Gasteiger partial charge in [0.15, 0.2) is 5.78 Å². The fraction of sp³-hybridized carbons (Fsp3) is 0.529. The first-order valence-corrected chi connectivity index (χ1v) is 7.90. The highest BCUT2D eigenvalue weighted by molar-refractivity contribution is 6.01. The van der Waals surface area contributed by atoms with E-state index < -0.39 is 5.41 Å². The Balaban J connectivity index is 1.79. The van der Waals surface area contributed by atoms with E-state index in [4.69, 9.17) is 10.5 Å². The van der Waals surface area contributed by atoms with Gasteiger partial charge in [-0.05, 0) is 43.4 Å². The maximum absolute atomic E-state index is 12.6. The normalized spacial score (nSPS) is 20.3. The van der Waals surface area contributed by atoms with E-state index in [0.29, 0.717) is 44.7 Å². The molecule has 0 atom stereocenters. The molecule has 1 fully saturated rings. The summed E-state index contributed by atoms with van der Waals surface area (Å²) in [5, 5.41) is 2.95. The SMILES string of the molecule is NCC1(C(=O)Nc2ccc3c(c2)C(=O)CCC3)CCOCC1. The van der Waals surface area contributed by atoms with E-state index in [2.05, 4.69) is 5.32 Å². The van der Waals surface area contributed by atoms with Crippen molar-refractivity contribution < 1.29 is 14.3 Å². The minimum Gasteiger partial charge on any atom is -0.381 e. The third-order valence-corrected chi connectivity index (χ3v) is 4.84. The lowest BCUT2D eigenvalue weighted by molar-refractivity contribution is -0.130. The molecular formula is C17H22N2O3. The number of nitrogens with two attached hydrogens (primary N) is 1. The van der Waals surface area contributed by atoms with Gasteiger partial charge in [0.25, 0.3) is 0 Å². The van der Waals surface area contributed by atoms with E-state index in [1.807, 2.05) is 12.1 Å². The van der Waals surface area contributed by atoms with Crippen LogP contribution in [0.3, 0.4) is 0 Å². The average molecular weight is 302 g/mol. The second-order valence-corrected chi connectivity index (χ2v) is 6.20. The number of anilines is 1. The van der Waals surface area contributed by atoms with Crippen LogP contribution in [0.15, 0.2) is 18.2 Å². The minimum absolute atomic E-state index is 0.0680. The van der Waals surface area contributed by atoms with Crippen LogP contribution in [0.5, 0.6) is 0 Å². The average Bonchev–Trinajstić information content (AvgIpc) is 2.56. The molecule has 5 nitrogen and oxygen atoms in total. The van der Waals surface area contributed by atoms with Crippen LogP contribution in [0.1, 0.15) is 41.6 Å². The number of ether oxygens (including phenoxy) is 1. The third-order valence-electron chi connectivity index (χ3n) is 4.84. The van der Waals surface area contributed by atoms with Gasteiger partial charge in [-0.2, -0.15) is 0 Å². The molecule has 0 unspecified atom stereocenters. The Morgan fingerprint density at radius 1 is 1.27 bits per heavy atom. The Labute approximate surface area is 130 Å². The van der Waals surface area contributed by atoms with E-state index in [1.54, 1.807) is 6.07 Å². The van der Waals surface area contributed by atoms with E-state index in [1.165, 1.54) is 0 Å². The topological polar surface area (TPSA) is 81.4 Å². The number of carbonyl (C=O) groups is 2. The van der Waals surface area contributed by atoms with Crippen molar-refractivity contribution in [2.24, 2.45) is 11.1 Å². The first kappa shape index (κ1) is 15.2. The zero-order valence-electron chi connectivity index (χ0n) is 12.7. The van der Waals surface area contributed by atoms with Crippen molar-refractivity contribution in [3.05, 3.63) is 29.3 Å². The highest BCUT2D eigenvalue weighted by Gasteiger charge is 2.38. The van der Waals surface area contributed by atoms with Gasteiger partial charge in [0.1, 0.15) is 0 Å². The first-order valence-electron chi connectivity index (χ1n) is 7.90. The van der Waals surface area contributed by atoms with E-state index in [-0.39, 0.29) is 11.7 Å². The van der Waals surface area contributed by atoms with E-state index in [0.717, 1.165) is 24.0 Å². The fourth-order valence-corrected chi connectivity index (χ4v) is 3.26. The van der Waals surface area contributed by atoms with Crippen LogP contribution in [0.25, 0.3) is 0 Å². The summed E-state index contributed by atoms with van der Waals surface area (Å²) < 4.78 is 5.34. The van der Waals surface area contributed by atoms with Gasteiger partial charge >= 0.3 is 0 Å². The third kappa shape index (κ3) is 2.78. The van der Waals surface area contributed by atoms with Gasteiger partial charge in [-0.25, -0.2) is 0 Å². The predicted molar refractivity (Wildman–Crippen MR) is 83.9 cm³/mol. The molecule has 5 heteroatoms. The van der Waals surface area contributed by atoms with Gasteiger partial charge in [0.2, 0.25) is 5.91 Å². The fourth-order valence-electron chi connectivity index (χ4n) is 3.26. The van der Waals surface area contributed by atoms with Crippen molar-refractivity contribution in [2.45, 2.75) is 32.1 Å². The number of benzene rings is 1. The molecule has 0 saturated carbocycles. The Hall–Kier alpha value is -1.72. The van der Waals surface area contributed by atoms with Gasteiger partial charge in [0.05, 0.1) is 5.41 Å². The zero-order valence-corrected chi connectivity index (χ0v) is 12.7. The number of ketones is 1. The molecule has 0 bridgehead atoms. The van der Waals surface area contributed by atoms with Crippen LogP contribution in [-0.4, -0.2) is 31.4 Å². The molecule has 0 spiro atoms. The second-order valence-electron chi connectivity index (χ2n) is 6.20. The molecule has 0 aromatic heterocycles. The second kappa shape index (κ2) is 6.18. The van der Waals surface area contributed by atoms with Crippen molar-refractivity contribution >= 4 is 17.4 Å². The van der Waals surface area contributed by atoms with Crippen LogP contribution >= 0.6 is 0 Å². The first-order chi connectivity index (χ1) is 10.6. The molecule has 1 amide bonds. The molecule has 1 aromatic rings. The molecule has 1 saturated heterocycles. The quantitative estimate of drug-likeness (QED) is 0.893. The molecule has 1 aliphatic carbocycles. The summed E-state index contributed by atoms with van der Waals surface area (Å²) in [5.41, 5.74) is 7.80. The van der Waals surface area contributed by atoms with E-state index >= 15 is 0 Å². The maximum Gasteiger partial charge on any atom is 0.232 e. The number of hydrogen-bond donors (Lipinski definition) is 2. The van der Waals surface area contributed by atoms with Crippen LogP contribution in [0, 0.1) is 5.41 Å². The summed E-state index contributed by atoms with van der Waals surface area (Å²) in [4.78, 5) is 24.6. The molecule has 2 aliphatic rings. The van der Waals surface area contributed by atoms with Gasteiger partial charge in [0, 0.05) is 37.4 Å². The lowest BCUT2D eigenvalue weighted by atomic mass is 9.79. The summed E-state index contributed by atoms with van der Waals surface area (Å²) in [5.74, 6) is 0.0958. The van der Waals surface area contributed by atoms with Crippen LogP contribution in [0.2, 0.25) is 0 Å².